The second-order valence-electron chi connectivity index (χ2n) is 4.69. The number of anilines is 2. The van der Waals surface area contributed by atoms with Crippen molar-refractivity contribution in [1.82, 2.24) is 9.80 Å². The van der Waals surface area contributed by atoms with E-state index in [1.165, 1.54) is 11.9 Å². The molecule has 7 nitrogen and oxygen atoms in total. The molecule has 0 bridgehead atoms. The van der Waals surface area contributed by atoms with E-state index < -0.39 is 11.9 Å². The summed E-state index contributed by atoms with van der Waals surface area (Å²) in [4.78, 5) is 37.3. The Kier molecular flexibility index (Phi) is 3.60. The molecule has 1 saturated heterocycles. The van der Waals surface area contributed by atoms with Crippen molar-refractivity contribution in [2.45, 2.75) is 6.92 Å². The fraction of sp³-hybridized carbons (Fsp3) is 0.308. The molecular weight excluding hydrogens is 260 g/mol. The SMILES string of the molecule is Cc1c(N)cccc1NC(=O)CN1C(=O)CN(C)C1=O. The quantitative estimate of drug-likeness (QED) is 0.617. The number of benzene rings is 1. The van der Waals surface area contributed by atoms with Gasteiger partial charge in [0.1, 0.15) is 13.1 Å². The maximum Gasteiger partial charge on any atom is 0.327 e. The van der Waals surface area contributed by atoms with Crippen LogP contribution in [0.3, 0.4) is 0 Å². The van der Waals surface area contributed by atoms with E-state index in [4.69, 9.17) is 5.73 Å². The third-order valence-corrected chi connectivity index (χ3v) is 3.18. The van der Waals surface area contributed by atoms with Crippen LogP contribution in [0.1, 0.15) is 5.56 Å². The molecule has 3 N–H and O–H groups in total. The summed E-state index contributed by atoms with van der Waals surface area (Å²) in [6.07, 6.45) is 0. The van der Waals surface area contributed by atoms with Crippen LogP contribution in [0, 0.1) is 6.92 Å². The van der Waals surface area contributed by atoms with Gasteiger partial charge in [-0.3, -0.25) is 14.5 Å². The van der Waals surface area contributed by atoms with E-state index in [0.29, 0.717) is 11.4 Å². The average Bonchev–Trinajstić information content (AvgIpc) is 2.62. The molecule has 0 spiro atoms. The van der Waals surface area contributed by atoms with E-state index in [2.05, 4.69) is 5.32 Å². The van der Waals surface area contributed by atoms with E-state index in [9.17, 15) is 14.4 Å². The van der Waals surface area contributed by atoms with Crippen LogP contribution in [0.2, 0.25) is 0 Å². The smallest absolute Gasteiger partial charge is 0.327 e. The maximum absolute atomic E-state index is 11.9. The molecule has 1 fully saturated rings. The Morgan fingerprint density at radius 2 is 2.10 bits per heavy atom. The Balaban J connectivity index is 2.05. The van der Waals surface area contributed by atoms with Crippen LogP contribution in [-0.4, -0.2) is 47.8 Å². The molecular formula is C13H16N4O3. The maximum atomic E-state index is 11.9. The molecule has 1 heterocycles. The van der Waals surface area contributed by atoms with E-state index in [1.54, 1.807) is 25.1 Å². The highest BCUT2D eigenvalue weighted by atomic mass is 16.2. The Morgan fingerprint density at radius 1 is 1.40 bits per heavy atom. The van der Waals surface area contributed by atoms with Crippen molar-refractivity contribution in [1.29, 1.82) is 0 Å². The van der Waals surface area contributed by atoms with Crippen LogP contribution in [0.4, 0.5) is 16.2 Å². The third-order valence-electron chi connectivity index (χ3n) is 3.18. The first-order valence-electron chi connectivity index (χ1n) is 6.10. The zero-order valence-corrected chi connectivity index (χ0v) is 11.3. The van der Waals surface area contributed by atoms with Crippen molar-refractivity contribution in [3.63, 3.8) is 0 Å². The summed E-state index contributed by atoms with van der Waals surface area (Å²) < 4.78 is 0. The van der Waals surface area contributed by atoms with Crippen LogP contribution in [0.5, 0.6) is 0 Å². The number of likely N-dealkylation sites (N-methyl/N-ethyl adjacent to an activating group) is 1. The van der Waals surface area contributed by atoms with E-state index >= 15 is 0 Å². The zero-order valence-electron chi connectivity index (χ0n) is 11.3. The van der Waals surface area contributed by atoms with Crippen LogP contribution in [0.15, 0.2) is 18.2 Å². The zero-order chi connectivity index (χ0) is 14.9. The number of nitrogens with one attached hydrogen (secondary N) is 1. The fourth-order valence-corrected chi connectivity index (χ4v) is 1.95. The first-order chi connectivity index (χ1) is 9.40. The number of nitrogens with zero attached hydrogens (tertiary/aromatic N) is 2. The largest absolute Gasteiger partial charge is 0.398 e. The molecule has 7 heteroatoms. The van der Waals surface area contributed by atoms with Crippen LogP contribution in [-0.2, 0) is 9.59 Å². The number of imide groups is 1. The molecule has 1 aliphatic heterocycles. The van der Waals surface area contributed by atoms with Gasteiger partial charge in [0.15, 0.2) is 0 Å². The fourth-order valence-electron chi connectivity index (χ4n) is 1.95. The van der Waals surface area contributed by atoms with Crippen molar-refractivity contribution in [3.05, 3.63) is 23.8 Å². The number of hydrogen-bond acceptors (Lipinski definition) is 4. The number of hydrogen-bond donors (Lipinski definition) is 2. The molecule has 1 aromatic carbocycles. The molecule has 4 amide bonds. The Morgan fingerprint density at radius 3 is 2.70 bits per heavy atom. The van der Waals surface area contributed by atoms with Crippen molar-refractivity contribution >= 4 is 29.2 Å². The predicted molar refractivity (Wildman–Crippen MR) is 74.0 cm³/mol. The van der Waals surface area contributed by atoms with Crippen LogP contribution in [0.25, 0.3) is 0 Å². The summed E-state index contributed by atoms with van der Waals surface area (Å²) in [5.74, 6) is -0.812. The van der Waals surface area contributed by atoms with Gasteiger partial charge in [-0.1, -0.05) is 6.07 Å². The second kappa shape index (κ2) is 5.20. The Hall–Kier alpha value is -2.57. The number of nitrogens with two attached hydrogens (primary N) is 1. The summed E-state index contributed by atoms with van der Waals surface area (Å²) in [6.45, 7) is 1.49. The van der Waals surface area contributed by atoms with Crippen molar-refractivity contribution in [2.75, 3.05) is 31.2 Å². The summed E-state index contributed by atoms with van der Waals surface area (Å²) in [6, 6.07) is 4.70. The van der Waals surface area contributed by atoms with Gasteiger partial charge in [-0.15, -0.1) is 0 Å². The lowest BCUT2D eigenvalue weighted by Gasteiger charge is -2.15. The molecule has 20 heavy (non-hydrogen) atoms. The standard InChI is InChI=1S/C13H16N4O3/c1-8-9(14)4-3-5-10(8)15-11(18)6-17-12(19)7-16(2)13(17)20/h3-5H,6-7,14H2,1-2H3,(H,15,18). The molecule has 1 aromatic rings. The predicted octanol–water partition coefficient (Wildman–Crippen LogP) is 0.410. The molecule has 0 unspecified atom stereocenters. The second-order valence-corrected chi connectivity index (χ2v) is 4.69. The average molecular weight is 276 g/mol. The van der Waals surface area contributed by atoms with Gasteiger partial charge >= 0.3 is 6.03 Å². The number of rotatable bonds is 3. The highest BCUT2D eigenvalue weighted by molar-refractivity contribution is 6.06. The van der Waals surface area contributed by atoms with Gasteiger partial charge in [-0.2, -0.15) is 0 Å². The molecule has 1 aliphatic rings. The number of nitrogen functional groups attached to an aromatic ring is 1. The first kappa shape index (κ1) is 13.9. The highest BCUT2D eigenvalue weighted by Crippen LogP contribution is 2.20. The number of carbonyl (C=O) groups is 3. The minimum atomic E-state index is -0.463. The number of carbonyl (C=O) groups excluding carboxylic acids is 3. The van der Waals surface area contributed by atoms with Gasteiger partial charge in [0.25, 0.3) is 5.91 Å². The van der Waals surface area contributed by atoms with Crippen LogP contribution >= 0.6 is 0 Å². The summed E-state index contributed by atoms with van der Waals surface area (Å²) >= 11 is 0. The summed E-state index contributed by atoms with van der Waals surface area (Å²) in [5.41, 5.74) is 7.63. The van der Waals surface area contributed by atoms with Gasteiger partial charge in [-0.05, 0) is 24.6 Å². The van der Waals surface area contributed by atoms with Crippen LogP contribution < -0.4 is 11.1 Å². The number of urea groups is 1. The minimum Gasteiger partial charge on any atom is -0.398 e. The lowest BCUT2D eigenvalue weighted by Crippen LogP contribution is -2.38. The van der Waals surface area contributed by atoms with Gasteiger partial charge in [0, 0.05) is 18.4 Å². The Labute approximate surface area is 116 Å². The molecule has 0 saturated carbocycles. The molecule has 0 aromatic heterocycles. The topological polar surface area (TPSA) is 95.7 Å². The van der Waals surface area contributed by atoms with E-state index in [-0.39, 0.29) is 19.0 Å². The summed E-state index contributed by atoms with van der Waals surface area (Å²) in [7, 11) is 1.51. The normalized spacial score (nSPS) is 14.9. The minimum absolute atomic E-state index is 0.00340. The van der Waals surface area contributed by atoms with Crippen molar-refractivity contribution in [2.24, 2.45) is 0 Å². The lowest BCUT2D eigenvalue weighted by molar-refractivity contribution is -0.129. The van der Waals surface area contributed by atoms with Crippen molar-refractivity contribution < 1.29 is 14.4 Å². The molecule has 2 rings (SSSR count). The van der Waals surface area contributed by atoms with E-state index in [0.717, 1.165) is 10.5 Å². The monoisotopic (exact) mass is 276 g/mol. The number of amides is 4. The Bertz CT molecular complexity index is 585. The molecule has 106 valence electrons. The van der Waals surface area contributed by atoms with Crippen molar-refractivity contribution in [3.8, 4) is 0 Å². The molecule has 0 atom stereocenters. The van der Waals surface area contributed by atoms with Gasteiger partial charge in [0.2, 0.25) is 5.91 Å². The first-order valence-corrected chi connectivity index (χ1v) is 6.10. The lowest BCUT2D eigenvalue weighted by atomic mass is 10.1. The highest BCUT2D eigenvalue weighted by Gasteiger charge is 2.34. The molecule has 0 radical (unpaired) electrons. The van der Waals surface area contributed by atoms with Gasteiger partial charge in [0.05, 0.1) is 0 Å². The molecule has 0 aliphatic carbocycles. The van der Waals surface area contributed by atoms with Gasteiger partial charge in [-0.25, -0.2) is 4.79 Å². The summed E-state index contributed by atoms with van der Waals surface area (Å²) in [5, 5.41) is 2.65. The third kappa shape index (κ3) is 2.56. The van der Waals surface area contributed by atoms with Gasteiger partial charge < -0.3 is 16.0 Å². The van der Waals surface area contributed by atoms with E-state index in [1.807, 2.05) is 0 Å².